The molecule has 0 unspecified atom stereocenters. The Morgan fingerprint density at radius 1 is 0.943 bits per heavy atom. The van der Waals surface area contributed by atoms with E-state index in [1.165, 1.54) is 7.11 Å². The van der Waals surface area contributed by atoms with Crippen LogP contribution in [-0.2, 0) is 33.0 Å². The average molecular weight is 740 g/mol. The lowest BCUT2D eigenvalue weighted by Gasteiger charge is -2.31. The van der Waals surface area contributed by atoms with Gasteiger partial charge in [-0.1, -0.05) is 49.4 Å². The van der Waals surface area contributed by atoms with Crippen LogP contribution in [0.1, 0.15) is 40.4 Å². The van der Waals surface area contributed by atoms with Gasteiger partial charge in [0, 0.05) is 41.4 Å². The number of amides is 3. The van der Waals surface area contributed by atoms with Gasteiger partial charge in [-0.2, -0.15) is 0 Å². The zero-order valence-electron chi connectivity index (χ0n) is 30.7. The molecule has 0 aromatic heterocycles. The number of fused-ring (bicyclic) bond motifs is 2. The van der Waals surface area contributed by atoms with E-state index in [1.54, 1.807) is 84.6 Å². The Balaban J connectivity index is 1.30. The van der Waals surface area contributed by atoms with Crippen LogP contribution in [0.2, 0.25) is 18.6 Å². The van der Waals surface area contributed by atoms with E-state index in [0.29, 0.717) is 34.0 Å². The number of aliphatic hydroxyl groups is 1. The lowest BCUT2D eigenvalue weighted by atomic mass is 9.82. The largest absolute Gasteiger partial charge is 0.497 e. The predicted octanol–water partition coefficient (Wildman–Crippen LogP) is 6.69. The average Bonchev–Trinajstić information content (AvgIpc) is 3.57. The van der Waals surface area contributed by atoms with Gasteiger partial charge in [-0.15, -0.1) is 0 Å². The number of nitrogens with one attached hydrogen (secondary N) is 1. The van der Waals surface area contributed by atoms with Crippen molar-refractivity contribution in [1.29, 1.82) is 0 Å². The Hall–Kier alpha value is -5.04. The highest BCUT2D eigenvalue weighted by Gasteiger charge is 2.67. The molecule has 12 heteroatoms. The summed E-state index contributed by atoms with van der Waals surface area (Å²) < 4.78 is 34.1. The van der Waals surface area contributed by atoms with Crippen LogP contribution in [-0.4, -0.2) is 69.6 Å². The summed E-state index contributed by atoms with van der Waals surface area (Å²) in [6.07, 6.45) is -1.03. The Morgan fingerprint density at radius 3 is 2.28 bits per heavy atom. The van der Waals surface area contributed by atoms with Crippen LogP contribution in [0.3, 0.4) is 0 Å². The van der Waals surface area contributed by atoms with Crippen LogP contribution >= 0.6 is 0 Å². The summed E-state index contributed by atoms with van der Waals surface area (Å²) in [5.74, 6) is -0.397. The topological polar surface area (TPSA) is 118 Å². The molecule has 4 aromatic rings. The minimum atomic E-state index is -3.56. The van der Waals surface area contributed by atoms with E-state index in [0.717, 1.165) is 11.1 Å². The molecule has 2 heterocycles. The van der Waals surface area contributed by atoms with Crippen molar-refractivity contribution in [2.24, 2.45) is 5.92 Å². The first-order valence-corrected chi connectivity index (χ1v) is 20.7. The Bertz CT molecular complexity index is 1960. The first kappa shape index (κ1) is 37.7. The minimum absolute atomic E-state index is 0.106. The summed E-state index contributed by atoms with van der Waals surface area (Å²) in [7, 11) is -0.458. The van der Waals surface area contributed by atoms with Gasteiger partial charge < -0.3 is 38.5 Å². The molecule has 4 aromatic carbocycles. The molecule has 1 spiro atoms. The molecule has 1 saturated heterocycles. The summed E-state index contributed by atoms with van der Waals surface area (Å²) >= 11 is 0. The van der Waals surface area contributed by atoms with E-state index >= 15 is 4.11 Å². The number of hydrogen-bond donors (Lipinski definition) is 2. The molecular weight excluding hydrogens is 694 g/mol. The molecule has 53 heavy (non-hydrogen) atoms. The third-order valence-corrected chi connectivity index (χ3v) is 12.8. The third-order valence-electron chi connectivity index (χ3n) is 10.4. The fourth-order valence-electron chi connectivity index (χ4n) is 7.90. The highest BCUT2D eigenvalue weighted by Crippen LogP contribution is 2.60. The van der Waals surface area contributed by atoms with Crippen LogP contribution in [0, 0.1) is 5.92 Å². The summed E-state index contributed by atoms with van der Waals surface area (Å²) in [4.78, 5) is 45.1. The number of hydrogen-bond acceptors (Lipinski definition) is 7. The molecule has 10 nitrogen and oxygen atoms in total. The number of ether oxygens (including phenoxy) is 3. The van der Waals surface area contributed by atoms with Gasteiger partial charge in [-0.3, -0.25) is 14.4 Å². The maximum absolute atomic E-state index is 16.5. The predicted molar refractivity (Wildman–Crippen MR) is 203 cm³/mol. The standard InChI is InChI=1S/C41H46FN3O7Si/c1-27-38(53(4,5)42)36(24-37(47)44(20-21-46)25-28-10-7-6-8-11-28)52-41(27)34-23-33(51-3)18-19-35(34)45(40(41)49)26-29-12-9-13-31(22-29)43-39(48)30-14-16-32(50-2)17-15-30/h6-19,22-23,27,36,38,46H,20-21,24-26H2,1-5H3,(H,43,48)/t27-,36+,38-,41+/m1/s1. The number of methoxy groups -OCH3 is 2. The van der Waals surface area contributed by atoms with Gasteiger partial charge in [0.25, 0.3) is 11.8 Å². The lowest BCUT2D eigenvalue weighted by molar-refractivity contribution is -0.150. The van der Waals surface area contributed by atoms with E-state index in [2.05, 4.69) is 5.32 Å². The van der Waals surface area contributed by atoms with Crippen molar-refractivity contribution in [3.05, 3.63) is 119 Å². The third kappa shape index (κ3) is 7.57. The van der Waals surface area contributed by atoms with Gasteiger partial charge in [-0.25, -0.2) is 0 Å². The molecule has 1 fully saturated rings. The molecule has 0 radical (unpaired) electrons. The van der Waals surface area contributed by atoms with Crippen molar-refractivity contribution >= 4 is 37.5 Å². The molecule has 0 aliphatic carbocycles. The summed E-state index contributed by atoms with van der Waals surface area (Å²) in [6.45, 7) is 5.34. The quantitative estimate of drug-likeness (QED) is 0.116. The van der Waals surface area contributed by atoms with Crippen LogP contribution in [0.15, 0.2) is 97.1 Å². The molecule has 0 saturated carbocycles. The van der Waals surface area contributed by atoms with Crippen LogP contribution in [0.4, 0.5) is 15.5 Å². The first-order chi connectivity index (χ1) is 25.4. The van der Waals surface area contributed by atoms with Crippen LogP contribution < -0.4 is 19.7 Å². The molecule has 4 atom stereocenters. The van der Waals surface area contributed by atoms with Gasteiger partial charge in [0.05, 0.1) is 45.6 Å². The van der Waals surface area contributed by atoms with Crippen molar-refractivity contribution in [3.63, 3.8) is 0 Å². The molecule has 278 valence electrons. The monoisotopic (exact) mass is 739 g/mol. The Labute approximate surface area is 310 Å². The fourth-order valence-corrected chi connectivity index (χ4v) is 10.4. The second-order valence-corrected chi connectivity index (χ2v) is 18.0. The van der Waals surface area contributed by atoms with Crippen molar-refractivity contribution in [2.45, 2.75) is 56.8 Å². The van der Waals surface area contributed by atoms with Crippen LogP contribution in [0.25, 0.3) is 0 Å². The van der Waals surface area contributed by atoms with Gasteiger partial charge >= 0.3 is 0 Å². The number of benzene rings is 4. The molecule has 2 aliphatic rings. The van der Waals surface area contributed by atoms with E-state index in [-0.39, 0.29) is 50.4 Å². The SMILES string of the molecule is COc1ccc(C(=O)Nc2cccc(CN3C(=O)[C@@]4(O[C@@H](CC(=O)N(CCO)Cc5ccccc5)[C@H]([Si](C)(C)F)[C@H]4C)c4cc(OC)ccc43)c2)cc1. The zero-order chi connectivity index (χ0) is 37.9. The summed E-state index contributed by atoms with van der Waals surface area (Å²) in [5, 5.41) is 12.8. The number of carbonyl (C=O) groups is 3. The number of aliphatic hydroxyl groups excluding tert-OH is 1. The lowest BCUT2D eigenvalue weighted by Crippen LogP contribution is -2.45. The molecular formula is C41H46FN3O7Si. The second kappa shape index (κ2) is 15.5. The summed E-state index contributed by atoms with van der Waals surface area (Å²) in [5.41, 5.74) is 1.56. The fraction of sp³-hybridized carbons (Fsp3) is 0.341. The molecule has 6 rings (SSSR count). The number of carbonyl (C=O) groups excluding carboxylic acids is 3. The molecule has 2 N–H and O–H groups in total. The van der Waals surface area contributed by atoms with Gasteiger partial charge in [0.1, 0.15) is 11.5 Å². The highest BCUT2D eigenvalue weighted by molar-refractivity contribution is 6.72. The van der Waals surface area contributed by atoms with Gasteiger partial charge in [0.2, 0.25) is 14.3 Å². The second-order valence-electron chi connectivity index (χ2n) is 14.2. The van der Waals surface area contributed by atoms with Gasteiger partial charge in [-0.05, 0) is 78.8 Å². The maximum atomic E-state index is 16.5. The Morgan fingerprint density at radius 2 is 1.62 bits per heavy atom. The normalized spacial score (nSPS) is 20.7. The zero-order valence-corrected chi connectivity index (χ0v) is 31.7. The number of rotatable bonds is 13. The molecule has 3 amide bonds. The van der Waals surface area contributed by atoms with E-state index < -0.39 is 31.6 Å². The van der Waals surface area contributed by atoms with Crippen LogP contribution in [0.5, 0.6) is 11.5 Å². The van der Waals surface area contributed by atoms with Crippen molar-refractivity contribution < 1.29 is 37.8 Å². The van der Waals surface area contributed by atoms with Gasteiger partial charge in [0.15, 0.2) is 5.60 Å². The summed E-state index contributed by atoms with van der Waals surface area (Å²) in [6, 6.07) is 28.9. The highest BCUT2D eigenvalue weighted by atomic mass is 28.4. The van der Waals surface area contributed by atoms with E-state index in [9.17, 15) is 19.5 Å². The molecule has 2 aliphatic heterocycles. The smallest absolute Gasteiger partial charge is 0.264 e. The van der Waals surface area contributed by atoms with E-state index in [1.807, 2.05) is 49.4 Å². The Kier molecular flexibility index (Phi) is 11.0. The van der Waals surface area contributed by atoms with Crippen molar-refractivity contribution in [1.82, 2.24) is 4.90 Å². The number of halogens is 1. The van der Waals surface area contributed by atoms with Crippen molar-refractivity contribution in [2.75, 3.05) is 37.6 Å². The minimum Gasteiger partial charge on any atom is -0.497 e. The number of anilines is 2. The number of nitrogens with zero attached hydrogens (tertiary/aromatic N) is 2. The molecule has 0 bridgehead atoms. The van der Waals surface area contributed by atoms with E-state index in [4.69, 9.17) is 14.2 Å². The first-order valence-electron chi connectivity index (χ1n) is 17.7. The van der Waals surface area contributed by atoms with Crippen molar-refractivity contribution in [3.8, 4) is 11.5 Å². The maximum Gasteiger partial charge on any atom is 0.264 e.